The van der Waals surface area contributed by atoms with Crippen molar-refractivity contribution in [2.45, 2.75) is 20.3 Å². The minimum Gasteiger partial charge on any atom is -0.377 e. The summed E-state index contributed by atoms with van der Waals surface area (Å²) in [6.45, 7) is 5.80. The number of nitrogens with one attached hydrogen (secondary N) is 1. The van der Waals surface area contributed by atoms with Crippen molar-refractivity contribution < 1.29 is 0 Å². The molecule has 0 bridgehead atoms. The molecule has 10 heteroatoms. The molecule has 5 rings (SSSR count). The Hall–Kier alpha value is -4.57. The van der Waals surface area contributed by atoms with Gasteiger partial charge in [-0.2, -0.15) is 4.98 Å². The van der Waals surface area contributed by atoms with Crippen LogP contribution >= 0.6 is 0 Å². The quantitative estimate of drug-likeness (QED) is 0.218. The van der Waals surface area contributed by atoms with Crippen LogP contribution in [0.25, 0.3) is 21.8 Å². The number of benzene rings is 2. The van der Waals surface area contributed by atoms with Crippen LogP contribution in [0.3, 0.4) is 0 Å². The Morgan fingerprint density at radius 2 is 1.21 bits per heavy atom. The Balaban J connectivity index is 1.67. The van der Waals surface area contributed by atoms with Crippen molar-refractivity contribution in [2.75, 3.05) is 75.4 Å². The van der Waals surface area contributed by atoms with Gasteiger partial charge < -0.3 is 20.0 Å². The molecule has 5 aromatic rings. The molecule has 0 fully saturated rings. The summed E-state index contributed by atoms with van der Waals surface area (Å²) >= 11 is 0. The van der Waals surface area contributed by atoms with Crippen LogP contribution in [0.2, 0.25) is 0 Å². The normalized spacial score (nSPS) is 11.4. The smallest absolute Gasteiger partial charge is 0.239 e. The molecule has 0 amide bonds. The summed E-state index contributed by atoms with van der Waals surface area (Å²) in [5.74, 6) is 1.07. The van der Waals surface area contributed by atoms with E-state index in [2.05, 4.69) is 126 Å². The second kappa shape index (κ2) is 12.1. The molecule has 0 aliphatic carbocycles. The molecule has 10 nitrogen and oxygen atoms in total. The van der Waals surface area contributed by atoms with Crippen molar-refractivity contribution in [3.05, 3.63) is 66.2 Å². The molecule has 42 heavy (non-hydrogen) atoms. The summed E-state index contributed by atoms with van der Waals surface area (Å²) in [6.07, 6.45) is 2.55. The van der Waals surface area contributed by atoms with Gasteiger partial charge in [0.25, 0.3) is 0 Å². The minimum atomic E-state index is 0.525. The van der Waals surface area contributed by atoms with Crippen LogP contribution in [0.1, 0.15) is 17.8 Å². The van der Waals surface area contributed by atoms with Crippen LogP contribution in [0.5, 0.6) is 0 Å². The predicted molar refractivity (Wildman–Crippen MR) is 175 cm³/mol. The van der Waals surface area contributed by atoms with Gasteiger partial charge in [-0.15, -0.1) is 0 Å². The maximum Gasteiger partial charge on any atom is 0.239 e. The lowest BCUT2D eigenvalue weighted by Gasteiger charge is -2.25. The van der Waals surface area contributed by atoms with Crippen molar-refractivity contribution in [1.82, 2.24) is 29.8 Å². The average Bonchev–Trinajstić information content (AvgIpc) is 2.95. The van der Waals surface area contributed by atoms with Gasteiger partial charge in [0.15, 0.2) is 0 Å². The van der Waals surface area contributed by atoms with Crippen molar-refractivity contribution in [3.8, 4) is 0 Å². The van der Waals surface area contributed by atoms with Crippen LogP contribution in [-0.4, -0.2) is 85.2 Å². The number of fused-ring (bicyclic) bond motifs is 2. The largest absolute Gasteiger partial charge is 0.377 e. The zero-order valence-electron chi connectivity index (χ0n) is 25.8. The molecular formula is C32H40N10. The van der Waals surface area contributed by atoms with Gasteiger partial charge in [0.2, 0.25) is 11.9 Å². The van der Waals surface area contributed by atoms with E-state index < -0.39 is 0 Å². The molecule has 218 valence electrons. The second-order valence-electron chi connectivity index (χ2n) is 11.3. The van der Waals surface area contributed by atoms with Crippen LogP contribution in [0, 0.1) is 13.8 Å². The lowest BCUT2D eigenvalue weighted by Crippen LogP contribution is -2.18. The molecule has 0 aliphatic rings. The first kappa shape index (κ1) is 28.9. The highest BCUT2D eigenvalue weighted by atomic mass is 15.3. The molecule has 0 radical (unpaired) electrons. The molecule has 0 aliphatic heterocycles. The SMILES string of the molecule is Cc1cc(N(C)C)c2cc(N(c3ccc4nc(C)cc(N(C)C)c4c3)c3ncnc(NCCCN(C)C)n3)ccc2n1. The lowest BCUT2D eigenvalue weighted by molar-refractivity contribution is 0.405. The van der Waals surface area contributed by atoms with Crippen molar-refractivity contribution in [3.63, 3.8) is 0 Å². The van der Waals surface area contributed by atoms with Gasteiger partial charge in [0.05, 0.1) is 11.0 Å². The highest BCUT2D eigenvalue weighted by molar-refractivity contribution is 5.98. The Labute approximate surface area is 248 Å². The van der Waals surface area contributed by atoms with Gasteiger partial charge in [0.1, 0.15) is 6.33 Å². The van der Waals surface area contributed by atoms with Gasteiger partial charge in [-0.25, -0.2) is 9.97 Å². The molecule has 0 saturated heterocycles. The number of aromatic nitrogens is 5. The fourth-order valence-corrected chi connectivity index (χ4v) is 5.12. The third-order valence-electron chi connectivity index (χ3n) is 7.10. The molecule has 3 aromatic heterocycles. The molecular weight excluding hydrogens is 524 g/mol. The molecule has 0 spiro atoms. The maximum absolute atomic E-state index is 4.87. The van der Waals surface area contributed by atoms with Crippen molar-refractivity contribution >= 4 is 56.5 Å². The minimum absolute atomic E-state index is 0.525. The van der Waals surface area contributed by atoms with E-state index in [1.54, 1.807) is 6.33 Å². The molecule has 3 heterocycles. The first-order valence-electron chi connectivity index (χ1n) is 14.2. The maximum atomic E-state index is 4.87. The number of nitrogens with zero attached hydrogens (tertiary/aromatic N) is 9. The Kier molecular flexibility index (Phi) is 8.35. The topological polar surface area (TPSA) is 89.4 Å². The fraction of sp³-hybridized carbons (Fsp3) is 0.344. The van der Waals surface area contributed by atoms with Crippen molar-refractivity contribution in [2.24, 2.45) is 0 Å². The summed E-state index contributed by atoms with van der Waals surface area (Å²) < 4.78 is 0. The zero-order chi connectivity index (χ0) is 30.0. The van der Waals surface area contributed by atoms with Gasteiger partial charge in [-0.05, 0) is 89.4 Å². The summed E-state index contributed by atoms with van der Waals surface area (Å²) in [7, 11) is 12.4. The summed E-state index contributed by atoms with van der Waals surface area (Å²) in [4.78, 5) is 32.0. The number of aryl methyl sites for hydroxylation is 2. The molecule has 2 aromatic carbocycles. The number of anilines is 6. The van der Waals surface area contributed by atoms with Crippen molar-refractivity contribution in [1.29, 1.82) is 0 Å². The van der Waals surface area contributed by atoms with Gasteiger partial charge in [0, 0.05) is 79.6 Å². The lowest BCUT2D eigenvalue weighted by atomic mass is 10.1. The second-order valence-corrected chi connectivity index (χ2v) is 11.3. The van der Waals surface area contributed by atoms with Crippen LogP contribution in [0.4, 0.5) is 34.6 Å². The fourth-order valence-electron chi connectivity index (χ4n) is 5.12. The predicted octanol–water partition coefficient (Wildman–Crippen LogP) is 5.55. The van der Waals surface area contributed by atoms with E-state index in [1.165, 1.54) is 0 Å². The summed E-state index contributed by atoms with van der Waals surface area (Å²) in [5.41, 5.74) is 7.89. The van der Waals surface area contributed by atoms with Gasteiger partial charge in [-0.3, -0.25) is 14.9 Å². The molecule has 0 unspecified atom stereocenters. The van der Waals surface area contributed by atoms with Crippen LogP contribution in [-0.2, 0) is 0 Å². The van der Waals surface area contributed by atoms with Crippen LogP contribution < -0.4 is 20.0 Å². The third-order valence-corrected chi connectivity index (χ3v) is 7.10. The Morgan fingerprint density at radius 1 is 0.667 bits per heavy atom. The highest BCUT2D eigenvalue weighted by Gasteiger charge is 2.20. The van der Waals surface area contributed by atoms with E-state index in [4.69, 9.17) is 15.0 Å². The highest BCUT2D eigenvalue weighted by Crippen LogP contribution is 2.38. The Bertz CT molecular complexity index is 1620. The van der Waals surface area contributed by atoms with E-state index >= 15 is 0 Å². The van der Waals surface area contributed by atoms with E-state index in [-0.39, 0.29) is 0 Å². The van der Waals surface area contributed by atoms with Gasteiger partial charge in [-0.1, -0.05) is 0 Å². The standard InChI is InChI=1S/C32H40N10/c1-21-16-29(40(5)6)25-18-23(10-12-27(25)36-21)42(32-35-20-34-31(38-32)33-14-9-15-39(3)4)24-11-13-28-26(19-24)30(41(7)8)17-22(2)37-28/h10-13,16-20H,9,14-15H2,1-8H3,(H,33,34,35,38). The summed E-state index contributed by atoms with van der Waals surface area (Å²) in [5, 5.41) is 5.47. The molecule has 0 saturated carbocycles. The van der Waals surface area contributed by atoms with Crippen LogP contribution in [0.15, 0.2) is 54.9 Å². The zero-order valence-corrected chi connectivity index (χ0v) is 25.8. The number of hydrogen-bond donors (Lipinski definition) is 1. The number of hydrogen-bond acceptors (Lipinski definition) is 10. The van der Waals surface area contributed by atoms with E-state index in [1.807, 2.05) is 13.8 Å². The van der Waals surface area contributed by atoms with E-state index in [0.29, 0.717) is 11.9 Å². The van der Waals surface area contributed by atoms with E-state index in [9.17, 15) is 0 Å². The first-order chi connectivity index (χ1) is 20.1. The first-order valence-corrected chi connectivity index (χ1v) is 14.2. The number of rotatable bonds is 10. The van der Waals surface area contributed by atoms with Gasteiger partial charge >= 0.3 is 0 Å². The average molecular weight is 565 g/mol. The molecule has 0 atom stereocenters. The summed E-state index contributed by atoms with van der Waals surface area (Å²) in [6, 6.07) is 16.8. The third kappa shape index (κ3) is 6.18. The Morgan fingerprint density at radius 3 is 1.71 bits per heavy atom. The van der Waals surface area contributed by atoms with E-state index in [0.717, 1.165) is 75.5 Å². The molecule has 1 N–H and O–H groups in total. The monoisotopic (exact) mass is 564 g/mol. The number of pyridine rings is 2.